The number of allylic oxidation sites excluding steroid dienone is 3. The summed E-state index contributed by atoms with van der Waals surface area (Å²) >= 11 is 0. The van der Waals surface area contributed by atoms with E-state index in [1.807, 2.05) is 12.2 Å². The zero-order valence-electron chi connectivity index (χ0n) is 7.94. The first-order valence-electron chi connectivity index (χ1n) is 4.27. The number of primary sulfonamides is 1. The van der Waals surface area contributed by atoms with Gasteiger partial charge in [-0.2, -0.15) is 0 Å². The van der Waals surface area contributed by atoms with E-state index in [-0.39, 0.29) is 0 Å². The Labute approximate surface area is 80.4 Å². The Bertz CT molecular complexity index is 267. The molecule has 0 aromatic heterocycles. The van der Waals surface area contributed by atoms with Crippen LogP contribution in [-0.2, 0) is 10.0 Å². The summed E-state index contributed by atoms with van der Waals surface area (Å²) in [5.41, 5.74) is 0. The van der Waals surface area contributed by atoms with Gasteiger partial charge in [-0.1, -0.05) is 24.8 Å². The molecule has 3 nitrogen and oxygen atoms in total. The van der Waals surface area contributed by atoms with Crippen LogP contribution < -0.4 is 5.14 Å². The van der Waals surface area contributed by atoms with Crippen LogP contribution in [0.15, 0.2) is 24.8 Å². The number of hydrogen-bond donors (Lipinski definition) is 1. The van der Waals surface area contributed by atoms with Gasteiger partial charge in [0.15, 0.2) is 0 Å². The van der Waals surface area contributed by atoms with Crippen molar-refractivity contribution in [3.63, 3.8) is 0 Å². The molecular formula is C9H17NO2S. The molecule has 0 aliphatic rings. The zero-order chi connectivity index (χ0) is 10.3. The molecule has 0 spiro atoms. The van der Waals surface area contributed by atoms with Crippen LogP contribution in [0.5, 0.6) is 0 Å². The van der Waals surface area contributed by atoms with Gasteiger partial charge in [-0.3, -0.25) is 0 Å². The highest BCUT2D eigenvalue weighted by Gasteiger charge is 2.13. The predicted octanol–water partition coefficient (Wildman–Crippen LogP) is 1.58. The van der Waals surface area contributed by atoms with Crippen molar-refractivity contribution in [3.05, 3.63) is 24.8 Å². The lowest BCUT2D eigenvalue weighted by Crippen LogP contribution is -2.25. The molecular weight excluding hydrogens is 186 g/mol. The molecule has 0 aromatic carbocycles. The van der Waals surface area contributed by atoms with E-state index in [0.29, 0.717) is 6.42 Å². The highest BCUT2D eigenvalue weighted by atomic mass is 32.2. The summed E-state index contributed by atoms with van der Waals surface area (Å²) in [4.78, 5) is 0. The Balaban J connectivity index is 3.66. The molecule has 0 saturated carbocycles. The average molecular weight is 203 g/mol. The van der Waals surface area contributed by atoms with Gasteiger partial charge in [0.25, 0.3) is 0 Å². The van der Waals surface area contributed by atoms with E-state index in [1.165, 1.54) is 0 Å². The molecule has 0 bridgehead atoms. The fourth-order valence-electron chi connectivity index (χ4n) is 0.880. The Morgan fingerprint density at radius 3 is 2.62 bits per heavy atom. The Hall–Kier alpha value is -0.610. The third-order valence-electron chi connectivity index (χ3n) is 1.81. The maximum atomic E-state index is 10.8. The van der Waals surface area contributed by atoms with Crippen LogP contribution in [0.25, 0.3) is 0 Å². The summed E-state index contributed by atoms with van der Waals surface area (Å²) in [5, 5.41) is 4.52. The van der Waals surface area contributed by atoms with E-state index in [9.17, 15) is 8.42 Å². The van der Waals surface area contributed by atoms with Gasteiger partial charge in [0.05, 0.1) is 5.25 Å². The zero-order valence-corrected chi connectivity index (χ0v) is 8.76. The molecule has 0 saturated heterocycles. The van der Waals surface area contributed by atoms with Crippen molar-refractivity contribution < 1.29 is 8.42 Å². The van der Waals surface area contributed by atoms with Gasteiger partial charge in [-0.25, -0.2) is 13.6 Å². The smallest absolute Gasteiger partial charge is 0.211 e. The van der Waals surface area contributed by atoms with Crippen LogP contribution in [0.3, 0.4) is 0 Å². The molecule has 0 aliphatic carbocycles. The quantitative estimate of drug-likeness (QED) is 0.526. The molecule has 0 rings (SSSR count). The fourth-order valence-corrected chi connectivity index (χ4v) is 1.38. The number of nitrogens with two attached hydrogens (primary N) is 1. The minimum atomic E-state index is -3.34. The molecule has 4 heteroatoms. The van der Waals surface area contributed by atoms with Gasteiger partial charge in [-0.05, 0) is 26.2 Å². The first-order valence-corrected chi connectivity index (χ1v) is 5.88. The van der Waals surface area contributed by atoms with Crippen LogP contribution in [0.1, 0.15) is 26.2 Å². The Morgan fingerprint density at radius 2 is 2.15 bits per heavy atom. The monoisotopic (exact) mass is 203 g/mol. The largest absolute Gasteiger partial charge is 0.228 e. The van der Waals surface area contributed by atoms with Crippen LogP contribution in [0, 0.1) is 0 Å². The summed E-state index contributed by atoms with van der Waals surface area (Å²) in [7, 11) is -3.34. The molecule has 1 unspecified atom stereocenters. The summed E-state index contributed by atoms with van der Waals surface area (Å²) in [6, 6.07) is 0. The SMILES string of the molecule is C=CC=CCCCC(C)S(N)(=O)=O. The second-order valence-electron chi connectivity index (χ2n) is 2.99. The number of hydrogen-bond acceptors (Lipinski definition) is 2. The second kappa shape index (κ2) is 5.94. The summed E-state index contributed by atoms with van der Waals surface area (Å²) in [5.74, 6) is 0. The van der Waals surface area contributed by atoms with Crippen LogP contribution in [0.4, 0.5) is 0 Å². The topological polar surface area (TPSA) is 60.2 Å². The third-order valence-corrected chi connectivity index (χ3v) is 3.17. The van der Waals surface area contributed by atoms with Crippen molar-refractivity contribution in [2.24, 2.45) is 5.14 Å². The number of rotatable bonds is 6. The van der Waals surface area contributed by atoms with Crippen LogP contribution in [-0.4, -0.2) is 13.7 Å². The lowest BCUT2D eigenvalue weighted by Gasteiger charge is -2.06. The first-order chi connectivity index (χ1) is 5.98. The molecule has 13 heavy (non-hydrogen) atoms. The molecule has 0 amide bonds. The predicted molar refractivity (Wildman–Crippen MR) is 55.8 cm³/mol. The van der Waals surface area contributed by atoms with Crippen LogP contribution in [0.2, 0.25) is 0 Å². The molecule has 76 valence electrons. The molecule has 0 radical (unpaired) electrons. The highest BCUT2D eigenvalue weighted by Crippen LogP contribution is 2.06. The molecule has 0 heterocycles. The van der Waals surface area contributed by atoms with Gasteiger partial charge >= 0.3 is 0 Å². The van der Waals surface area contributed by atoms with Crippen molar-refractivity contribution in [3.8, 4) is 0 Å². The average Bonchev–Trinajstić information content (AvgIpc) is 2.02. The van der Waals surface area contributed by atoms with E-state index in [0.717, 1.165) is 12.8 Å². The summed E-state index contributed by atoms with van der Waals surface area (Å²) in [6.07, 6.45) is 7.82. The second-order valence-corrected chi connectivity index (χ2v) is 4.98. The van der Waals surface area contributed by atoms with Gasteiger partial charge in [0, 0.05) is 0 Å². The molecule has 0 aromatic rings. The Morgan fingerprint density at radius 1 is 1.54 bits per heavy atom. The third kappa shape index (κ3) is 6.54. The van der Waals surface area contributed by atoms with Crippen molar-refractivity contribution in [2.75, 3.05) is 0 Å². The lowest BCUT2D eigenvalue weighted by molar-refractivity contribution is 0.575. The summed E-state index contributed by atoms with van der Waals surface area (Å²) in [6.45, 7) is 5.16. The van der Waals surface area contributed by atoms with Gasteiger partial charge in [0.1, 0.15) is 0 Å². The van der Waals surface area contributed by atoms with Crippen LogP contribution >= 0.6 is 0 Å². The Kier molecular flexibility index (Phi) is 5.66. The minimum absolute atomic E-state index is 0.440. The van der Waals surface area contributed by atoms with Gasteiger partial charge in [0.2, 0.25) is 10.0 Å². The van der Waals surface area contributed by atoms with E-state index in [2.05, 4.69) is 6.58 Å². The fraction of sp³-hybridized carbons (Fsp3) is 0.556. The van der Waals surface area contributed by atoms with Gasteiger partial charge in [-0.15, -0.1) is 0 Å². The summed E-state index contributed by atoms with van der Waals surface area (Å²) < 4.78 is 21.6. The standard InChI is InChI=1S/C9H17NO2S/c1-3-4-5-6-7-8-9(2)13(10,11)12/h3-5,9H,1,6-8H2,2H3,(H2,10,11,12). The maximum absolute atomic E-state index is 10.8. The van der Waals surface area contributed by atoms with E-state index in [4.69, 9.17) is 5.14 Å². The maximum Gasteiger partial charge on any atom is 0.211 e. The van der Waals surface area contributed by atoms with Crippen molar-refractivity contribution in [1.82, 2.24) is 0 Å². The van der Waals surface area contributed by atoms with E-state index >= 15 is 0 Å². The minimum Gasteiger partial charge on any atom is -0.228 e. The van der Waals surface area contributed by atoms with Gasteiger partial charge < -0.3 is 0 Å². The lowest BCUT2D eigenvalue weighted by atomic mass is 10.2. The molecule has 1 atom stereocenters. The van der Waals surface area contributed by atoms with Crippen molar-refractivity contribution in [1.29, 1.82) is 0 Å². The number of unbranched alkanes of at least 4 members (excludes halogenated alkanes) is 1. The highest BCUT2D eigenvalue weighted by molar-refractivity contribution is 7.89. The normalized spacial score (nSPS) is 14.6. The molecule has 0 aliphatic heterocycles. The first kappa shape index (κ1) is 12.4. The van der Waals surface area contributed by atoms with Crippen molar-refractivity contribution in [2.45, 2.75) is 31.4 Å². The van der Waals surface area contributed by atoms with E-state index < -0.39 is 15.3 Å². The van der Waals surface area contributed by atoms with Crippen molar-refractivity contribution >= 4 is 10.0 Å². The number of sulfonamides is 1. The molecule has 2 N–H and O–H groups in total. The van der Waals surface area contributed by atoms with E-state index in [1.54, 1.807) is 13.0 Å². The molecule has 0 fully saturated rings.